The molecule has 2 nitrogen and oxygen atoms in total. The Balaban J connectivity index is 2.05. The Bertz CT molecular complexity index is 532. The van der Waals surface area contributed by atoms with Gasteiger partial charge in [0.05, 0.1) is 12.2 Å². The molecule has 0 saturated heterocycles. The van der Waals surface area contributed by atoms with Crippen molar-refractivity contribution >= 4 is 18.9 Å². The van der Waals surface area contributed by atoms with Gasteiger partial charge in [-0.25, -0.2) is 0 Å². The summed E-state index contributed by atoms with van der Waals surface area (Å²) in [6.07, 6.45) is 14.5. The molecule has 2 rings (SSSR count). The summed E-state index contributed by atoms with van der Waals surface area (Å²) >= 11 is 0. The highest BCUT2D eigenvalue weighted by Gasteiger charge is 2.45. The molecule has 0 heterocycles. The van der Waals surface area contributed by atoms with Crippen LogP contribution >= 0.6 is 18.9 Å². The Kier molecular flexibility index (Phi) is 9.16. The van der Waals surface area contributed by atoms with E-state index in [-0.39, 0.29) is 6.10 Å². The molecule has 0 bridgehead atoms. The average molecular weight is 380 g/mol. The molecule has 140 valence electrons. The van der Waals surface area contributed by atoms with Crippen molar-refractivity contribution in [1.29, 1.82) is 0 Å². The second-order valence-corrected chi connectivity index (χ2v) is 8.11. The maximum Gasteiger partial charge on any atom is 0.0826 e. The topological polar surface area (TPSA) is 18.5 Å². The summed E-state index contributed by atoms with van der Waals surface area (Å²) in [6.45, 7) is 6.34. The molecule has 2 saturated carbocycles. The zero-order valence-corrected chi connectivity index (χ0v) is 18.2. The normalized spacial score (nSPS) is 32.6. The molecule has 25 heavy (non-hydrogen) atoms. The van der Waals surface area contributed by atoms with Gasteiger partial charge in [-0.3, -0.25) is 0 Å². The predicted molar refractivity (Wildman–Crippen MR) is 113 cm³/mol. The largest absolute Gasteiger partial charge is 0.362 e. The SMILES string of the molecule is CC#CCC(C)[C@@H](/C=C/[C@@H]1[C@H]2C/C(=C/CCC)C[C@H]2C[C@H]1OP)OP. The van der Waals surface area contributed by atoms with E-state index in [1.54, 1.807) is 5.57 Å². The molecule has 0 N–H and O–H groups in total. The lowest BCUT2D eigenvalue weighted by Gasteiger charge is -2.22. The van der Waals surface area contributed by atoms with Gasteiger partial charge < -0.3 is 9.05 Å². The summed E-state index contributed by atoms with van der Waals surface area (Å²) < 4.78 is 11.4. The third-order valence-corrected chi connectivity index (χ3v) is 6.49. The van der Waals surface area contributed by atoms with Crippen molar-refractivity contribution < 1.29 is 9.05 Å². The lowest BCUT2D eigenvalue weighted by molar-refractivity contribution is 0.193. The van der Waals surface area contributed by atoms with Crippen LogP contribution in [0, 0.1) is 35.5 Å². The van der Waals surface area contributed by atoms with Gasteiger partial charge in [0, 0.05) is 31.3 Å². The second kappa shape index (κ2) is 10.8. The zero-order valence-electron chi connectivity index (χ0n) is 15.9. The quantitative estimate of drug-likeness (QED) is 0.305. The number of rotatable bonds is 8. The van der Waals surface area contributed by atoms with Crippen molar-refractivity contribution in [3.63, 3.8) is 0 Å². The molecule has 0 aromatic rings. The number of hydrogen-bond donors (Lipinski definition) is 0. The molecule has 0 aromatic carbocycles. The van der Waals surface area contributed by atoms with Gasteiger partial charge in [0.1, 0.15) is 0 Å². The minimum atomic E-state index is 0.0894. The zero-order chi connectivity index (χ0) is 18.2. The van der Waals surface area contributed by atoms with Crippen LogP contribution in [-0.4, -0.2) is 12.2 Å². The van der Waals surface area contributed by atoms with E-state index >= 15 is 0 Å². The van der Waals surface area contributed by atoms with E-state index in [1.807, 2.05) is 6.92 Å². The first kappa shape index (κ1) is 21.1. The van der Waals surface area contributed by atoms with E-state index in [9.17, 15) is 0 Å². The van der Waals surface area contributed by atoms with Crippen LogP contribution in [-0.2, 0) is 9.05 Å². The van der Waals surface area contributed by atoms with Crippen LogP contribution in [0.3, 0.4) is 0 Å². The van der Waals surface area contributed by atoms with Gasteiger partial charge in [-0.15, -0.1) is 11.8 Å². The summed E-state index contributed by atoms with van der Waals surface area (Å²) in [4.78, 5) is 0. The fourth-order valence-electron chi connectivity index (χ4n) is 4.39. The Morgan fingerprint density at radius 2 is 2.12 bits per heavy atom. The number of hydrogen-bond acceptors (Lipinski definition) is 2. The van der Waals surface area contributed by atoms with Crippen LogP contribution in [0.2, 0.25) is 0 Å². The summed E-state index contributed by atoms with van der Waals surface area (Å²) in [5.74, 6) is 8.52. The first-order valence-corrected chi connectivity index (χ1v) is 10.6. The van der Waals surface area contributed by atoms with Gasteiger partial charge in [0.15, 0.2) is 0 Å². The highest BCUT2D eigenvalue weighted by molar-refractivity contribution is 7.10. The summed E-state index contributed by atoms with van der Waals surface area (Å²) in [5, 5.41) is 0. The fourth-order valence-corrected chi connectivity index (χ4v) is 5.05. The summed E-state index contributed by atoms with van der Waals surface area (Å²) in [5.41, 5.74) is 1.67. The molecule has 4 heteroatoms. The highest BCUT2D eigenvalue weighted by Crippen LogP contribution is 2.51. The molecule has 0 aromatic heterocycles. The summed E-state index contributed by atoms with van der Waals surface area (Å²) in [7, 11) is 4.91. The van der Waals surface area contributed by atoms with Crippen LogP contribution in [0.4, 0.5) is 0 Å². The molecule has 3 unspecified atom stereocenters. The predicted octanol–water partition coefficient (Wildman–Crippen LogP) is 5.72. The van der Waals surface area contributed by atoms with Gasteiger partial charge in [0.2, 0.25) is 0 Å². The Labute approximate surface area is 159 Å². The lowest BCUT2D eigenvalue weighted by atomic mass is 9.89. The first-order chi connectivity index (χ1) is 12.1. The van der Waals surface area contributed by atoms with E-state index in [0.29, 0.717) is 17.9 Å². The molecule has 2 fully saturated rings. The third-order valence-electron chi connectivity index (χ3n) is 5.82. The molecular formula is C21H34O2P2. The molecule has 8 atom stereocenters. The molecule has 0 spiro atoms. The number of fused-ring (bicyclic) bond motifs is 1. The van der Waals surface area contributed by atoms with E-state index in [4.69, 9.17) is 9.05 Å². The Hall–Kier alpha value is -0.180. The maximum absolute atomic E-state index is 5.75. The third kappa shape index (κ3) is 5.65. The van der Waals surface area contributed by atoms with Crippen molar-refractivity contribution in [2.45, 2.75) is 71.5 Å². The van der Waals surface area contributed by atoms with E-state index in [2.05, 4.69) is 62.8 Å². The molecule has 2 aliphatic rings. The minimum absolute atomic E-state index is 0.0894. The van der Waals surface area contributed by atoms with E-state index in [1.165, 1.54) is 32.1 Å². The average Bonchev–Trinajstić information content (AvgIpc) is 3.16. The molecule has 0 radical (unpaired) electrons. The Morgan fingerprint density at radius 3 is 2.76 bits per heavy atom. The molecule has 2 aliphatic carbocycles. The van der Waals surface area contributed by atoms with Crippen LogP contribution in [0.5, 0.6) is 0 Å². The van der Waals surface area contributed by atoms with E-state index in [0.717, 1.165) is 18.3 Å². The van der Waals surface area contributed by atoms with Crippen molar-refractivity contribution in [2.75, 3.05) is 0 Å². The van der Waals surface area contributed by atoms with Gasteiger partial charge in [0.25, 0.3) is 0 Å². The van der Waals surface area contributed by atoms with Crippen molar-refractivity contribution in [1.82, 2.24) is 0 Å². The van der Waals surface area contributed by atoms with Crippen LogP contribution < -0.4 is 0 Å². The van der Waals surface area contributed by atoms with Gasteiger partial charge >= 0.3 is 0 Å². The second-order valence-electron chi connectivity index (χ2n) is 7.56. The number of allylic oxidation sites excluding steroid dienone is 2. The molecular weight excluding hydrogens is 346 g/mol. The van der Waals surface area contributed by atoms with Crippen molar-refractivity contribution in [3.05, 3.63) is 23.8 Å². The van der Waals surface area contributed by atoms with Gasteiger partial charge in [-0.05, 0) is 50.4 Å². The fraction of sp³-hybridized carbons (Fsp3) is 0.714. The molecule has 0 amide bonds. The van der Waals surface area contributed by atoms with Gasteiger partial charge in [-0.1, -0.05) is 44.1 Å². The van der Waals surface area contributed by atoms with Crippen molar-refractivity contribution in [3.8, 4) is 11.8 Å². The lowest BCUT2D eigenvalue weighted by Crippen LogP contribution is -2.20. The van der Waals surface area contributed by atoms with Crippen LogP contribution in [0.1, 0.15) is 59.3 Å². The Morgan fingerprint density at radius 1 is 1.32 bits per heavy atom. The van der Waals surface area contributed by atoms with E-state index < -0.39 is 0 Å². The van der Waals surface area contributed by atoms with Crippen LogP contribution in [0.25, 0.3) is 0 Å². The monoisotopic (exact) mass is 380 g/mol. The summed E-state index contributed by atoms with van der Waals surface area (Å²) in [6, 6.07) is 0. The minimum Gasteiger partial charge on any atom is -0.362 e. The van der Waals surface area contributed by atoms with Gasteiger partial charge in [-0.2, -0.15) is 0 Å². The molecule has 0 aliphatic heterocycles. The standard InChI is InChI=1S/C21H34O2P2/c1-4-6-8-15(3)20(22-24)11-10-18-19-13-16(9-7-5-2)12-17(19)14-21(18)23-25/h9-11,15,17-21H,5,7-8,12-14,24-25H2,1-3H3/b11-10+,16-9+/t15?,17-,18+,19-,20+,21+/m0/s1. The smallest absolute Gasteiger partial charge is 0.0826 e. The highest BCUT2D eigenvalue weighted by atomic mass is 31.0. The van der Waals surface area contributed by atoms with Crippen molar-refractivity contribution in [2.24, 2.45) is 23.7 Å². The first-order valence-electron chi connectivity index (χ1n) is 9.61. The maximum atomic E-state index is 5.75. The number of unbranched alkanes of at least 4 members (excludes halogenated alkanes) is 1. The van der Waals surface area contributed by atoms with Crippen LogP contribution in [0.15, 0.2) is 23.8 Å².